The molecule has 0 radical (unpaired) electrons. The molecule has 1 rings (SSSR count). The van der Waals surface area contributed by atoms with Crippen molar-refractivity contribution in [2.75, 3.05) is 6.61 Å². The molecule has 0 aromatic carbocycles. The maximum Gasteiger partial charge on any atom is 0.0885 e. The number of ether oxygens (including phenoxy) is 1. The van der Waals surface area contributed by atoms with E-state index in [4.69, 9.17) is 4.74 Å². The quantitative estimate of drug-likeness (QED) is 0.604. The molecule has 0 spiro atoms. The number of hydrogen-bond donors (Lipinski definition) is 2. The fourth-order valence-corrected chi connectivity index (χ4v) is 1.68. The molecule has 1 fully saturated rings. The van der Waals surface area contributed by atoms with Crippen molar-refractivity contribution in [3.05, 3.63) is 0 Å². The van der Waals surface area contributed by atoms with Crippen molar-refractivity contribution in [2.45, 2.75) is 38.6 Å². The van der Waals surface area contributed by atoms with Gasteiger partial charge in [-0.3, -0.25) is 0 Å². The lowest BCUT2D eigenvalue weighted by molar-refractivity contribution is -0.0102. The van der Waals surface area contributed by atoms with Crippen LogP contribution in [0.2, 0.25) is 0 Å². The van der Waals surface area contributed by atoms with Crippen LogP contribution < -0.4 is 0 Å². The normalized spacial score (nSPS) is 40.9. The van der Waals surface area contributed by atoms with Gasteiger partial charge in [0.15, 0.2) is 0 Å². The Labute approximate surface area is 67.0 Å². The maximum absolute atomic E-state index is 9.37. The summed E-state index contributed by atoms with van der Waals surface area (Å²) in [5.41, 5.74) is 0. The van der Waals surface area contributed by atoms with Crippen molar-refractivity contribution < 1.29 is 14.9 Å². The molecule has 0 bridgehead atoms. The molecule has 66 valence electrons. The third-order valence-corrected chi connectivity index (χ3v) is 2.32. The van der Waals surface area contributed by atoms with Crippen molar-refractivity contribution in [3.8, 4) is 0 Å². The van der Waals surface area contributed by atoms with Crippen LogP contribution >= 0.6 is 0 Å². The number of aliphatic hydroxyl groups excluding tert-OH is 2. The summed E-state index contributed by atoms with van der Waals surface area (Å²) in [6, 6.07) is 0. The standard InChI is InChI=1S/C8H16O3/c1-3-6-7(10)4-11-8(6)5(2)9/h5-10H,3-4H2,1-2H3. The number of aliphatic hydroxyl groups is 2. The topological polar surface area (TPSA) is 49.7 Å². The van der Waals surface area contributed by atoms with Gasteiger partial charge in [0.2, 0.25) is 0 Å². The molecule has 1 heterocycles. The molecule has 1 aliphatic rings. The molecule has 0 aromatic rings. The van der Waals surface area contributed by atoms with Crippen LogP contribution in [0.15, 0.2) is 0 Å². The third kappa shape index (κ3) is 1.72. The van der Waals surface area contributed by atoms with Gasteiger partial charge in [-0.05, 0) is 13.3 Å². The minimum Gasteiger partial charge on any atom is -0.391 e. The highest BCUT2D eigenvalue weighted by Crippen LogP contribution is 2.26. The van der Waals surface area contributed by atoms with Gasteiger partial charge in [0, 0.05) is 5.92 Å². The van der Waals surface area contributed by atoms with E-state index in [-0.39, 0.29) is 18.1 Å². The fourth-order valence-electron chi connectivity index (χ4n) is 1.68. The second-order valence-corrected chi connectivity index (χ2v) is 3.18. The molecular formula is C8H16O3. The Balaban J connectivity index is 2.54. The Morgan fingerprint density at radius 3 is 2.64 bits per heavy atom. The van der Waals surface area contributed by atoms with Crippen LogP contribution in [0.4, 0.5) is 0 Å². The highest BCUT2D eigenvalue weighted by Gasteiger charge is 2.37. The molecule has 0 aromatic heterocycles. The van der Waals surface area contributed by atoms with Gasteiger partial charge in [-0.25, -0.2) is 0 Å². The van der Waals surface area contributed by atoms with Gasteiger partial charge in [0.1, 0.15) is 0 Å². The van der Waals surface area contributed by atoms with E-state index in [9.17, 15) is 10.2 Å². The van der Waals surface area contributed by atoms with Gasteiger partial charge in [-0.1, -0.05) is 6.92 Å². The molecule has 1 saturated heterocycles. The predicted molar refractivity (Wildman–Crippen MR) is 41.2 cm³/mol. The van der Waals surface area contributed by atoms with Crippen molar-refractivity contribution in [2.24, 2.45) is 5.92 Å². The minimum absolute atomic E-state index is 0.106. The van der Waals surface area contributed by atoms with Crippen LogP contribution in [0.25, 0.3) is 0 Å². The van der Waals surface area contributed by atoms with E-state index in [1.54, 1.807) is 6.92 Å². The molecule has 11 heavy (non-hydrogen) atoms. The maximum atomic E-state index is 9.37. The summed E-state index contributed by atoms with van der Waals surface area (Å²) in [5, 5.41) is 18.6. The molecule has 0 aliphatic carbocycles. The Hall–Kier alpha value is -0.120. The molecule has 0 saturated carbocycles. The van der Waals surface area contributed by atoms with Gasteiger partial charge in [0.25, 0.3) is 0 Å². The van der Waals surface area contributed by atoms with Crippen molar-refractivity contribution in [1.82, 2.24) is 0 Å². The minimum atomic E-state index is -0.475. The summed E-state index contributed by atoms with van der Waals surface area (Å²) in [5.74, 6) is 0.106. The van der Waals surface area contributed by atoms with E-state index in [0.29, 0.717) is 6.61 Å². The lowest BCUT2D eigenvalue weighted by Crippen LogP contribution is -2.31. The van der Waals surface area contributed by atoms with E-state index in [2.05, 4.69) is 0 Å². The number of hydrogen-bond acceptors (Lipinski definition) is 3. The zero-order valence-corrected chi connectivity index (χ0v) is 7.03. The predicted octanol–water partition coefficient (Wildman–Crippen LogP) is 0.153. The van der Waals surface area contributed by atoms with Crippen LogP contribution in [-0.4, -0.2) is 35.1 Å². The zero-order valence-electron chi connectivity index (χ0n) is 7.03. The first kappa shape index (κ1) is 8.97. The van der Waals surface area contributed by atoms with Crippen molar-refractivity contribution in [1.29, 1.82) is 0 Å². The summed E-state index contributed by atoms with van der Waals surface area (Å²) in [6.45, 7) is 4.07. The monoisotopic (exact) mass is 160 g/mol. The first-order valence-corrected chi connectivity index (χ1v) is 4.14. The second kappa shape index (κ2) is 3.52. The van der Waals surface area contributed by atoms with Crippen LogP contribution in [0.3, 0.4) is 0 Å². The van der Waals surface area contributed by atoms with Gasteiger partial charge < -0.3 is 14.9 Å². The second-order valence-electron chi connectivity index (χ2n) is 3.18. The smallest absolute Gasteiger partial charge is 0.0885 e. The molecule has 4 unspecified atom stereocenters. The largest absolute Gasteiger partial charge is 0.391 e. The summed E-state index contributed by atoms with van der Waals surface area (Å²) in [6.07, 6.45) is -0.178. The Morgan fingerprint density at radius 2 is 2.27 bits per heavy atom. The van der Waals surface area contributed by atoms with E-state index in [1.165, 1.54) is 0 Å². The average Bonchev–Trinajstić information content (AvgIpc) is 2.30. The molecule has 3 nitrogen and oxygen atoms in total. The van der Waals surface area contributed by atoms with Gasteiger partial charge in [0.05, 0.1) is 24.9 Å². The fraction of sp³-hybridized carbons (Fsp3) is 1.00. The van der Waals surface area contributed by atoms with E-state index < -0.39 is 6.10 Å². The highest BCUT2D eigenvalue weighted by molar-refractivity contribution is 4.85. The third-order valence-electron chi connectivity index (χ3n) is 2.32. The first-order valence-electron chi connectivity index (χ1n) is 4.14. The van der Waals surface area contributed by atoms with E-state index >= 15 is 0 Å². The van der Waals surface area contributed by atoms with Crippen LogP contribution in [-0.2, 0) is 4.74 Å². The average molecular weight is 160 g/mol. The van der Waals surface area contributed by atoms with Crippen LogP contribution in [0.1, 0.15) is 20.3 Å². The molecule has 2 N–H and O–H groups in total. The van der Waals surface area contributed by atoms with Gasteiger partial charge >= 0.3 is 0 Å². The van der Waals surface area contributed by atoms with Gasteiger partial charge in [-0.2, -0.15) is 0 Å². The molecular weight excluding hydrogens is 144 g/mol. The molecule has 0 amide bonds. The molecule has 3 heteroatoms. The summed E-state index contributed by atoms with van der Waals surface area (Å²) in [4.78, 5) is 0. The van der Waals surface area contributed by atoms with Gasteiger partial charge in [-0.15, -0.1) is 0 Å². The summed E-state index contributed by atoms with van der Waals surface area (Å²) < 4.78 is 5.23. The van der Waals surface area contributed by atoms with Crippen molar-refractivity contribution in [3.63, 3.8) is 0 Å². The first-order chi connectivity index (χ1) is 5.16. The lowest BCUT2D eigenvalue weighted by Gasteiger charge is -2.20. The molecule has 4 atom stereocenters. The lowest BCUT2D eigenvalue weighted by atomic mass is 9.93. The Bertz CT molecular complexity index is 125. The highest BCUT2D eigenvalue weighted by atomic mass is 16.5. The Morgan fingerprint density at radius 1 is 1.64 bits per heavy atom. The number of rotatable bonds is 2. The summed E-state index contributed by atoms with van der Waals surface area (Å²) >= 11 is 0. The molecule has 1 aliphatic heterocycles. The SMILES string of the molecule is CCC1C(O)COC1C(C)O. The zero-order chi connectivity index (χ0) is 8.43. The van der Waals surface area contributed by atoms with Crippen LogP contribution in [0.5, 0.6) is 0 Å². The van der Waals surface area contributed by atoms with Crippen molar-refractivity contribution >= 4 is 0 Å². The van der Waals surface area contributed by atoms with Crippen LogP contribution in [0, 0.1) is 5.92 Å². The van der Waals surface area contributed by atoms with E-state index in [1.807, 2.05) is 6.92 Å². The van der Waals surface area contributed by atoms with E-state index in [0.717, 1.165) is 6.42 Å². The summed E-state index contributed by atoms with van der Waals surface area (Å²) in [7, 11) is 0. The Kier molecular flexibility index (Phi) is 2.87.